The van der Waals surface area contributed by atoms with Crippen LogP contribution in [0.15, 0.2) is 58.5 Å². The molecular weight excluding hydrogens is 344 g/mol. The molecule has 0 spiro atoms. The molecule has 0 saturated carbocycles. The van der Waals surface area contributed by atoms with Crippen LogP contribution in [-0.2, 0) is 6.54 Å². The summed E-state index contributed by atoms with van der Waals surface area (Å²) in [5.74, 6) is 2.01. The molecule has 0 fully saturated rings. The Labute approximate surface area is 158 Å². The summed E-state index contributed by atoms with van der Waals surface area (Å²) in [4.78, 5) is 17.6. The van der Waals surface area contributed by atoms with Crippen molar-refractivity contribution in [2.75, 3.05) is 12.4 Å². The van der Waals surface area contributed by atoms with Gasteiger partial charge in [-0.3, -0.25) is 9.36 Å². The number of rotatable bonds is 7. The molecule has 0 atom stereocenters. The first kappa shape index (κ1) is 18.5. The largest absolute Gasteiger partial charge is 0.492 e. The summed E-state index contributed by atoms with van der Waals surface area (Å²) in [6.07, 6.45) is 0. The third kappa shape index (κ3) is 4.28. The molecule has 0 aliphatic carbocycles. The fraction of sp³-hybridized carbons (Fsp3) is 0.333. The molecule has 3 rings (SSSR count). The highest BCUT2D eigenvalue weighted by molar-refractivity contribution is 7.99. The lowest BCUT2D eigenvalue weighted by Crippen LogP contribution is -2.25. The predicted molar refractivity (Wildman–Crippen MR) is 108 cm³/mol. The van der Waals surface area contributed by atoms with Gasteiger partial charge >= 0.3 is 0 Å². The molecule has 2 aromatic carbocycles. The monoisotopic (exact) mass is 368 g/mol. The van der Waals surface area contributed by atoms with Gasteiger partial charge in [-0.1, -0.05) is 55.9 Å². The number of fused-ring (bicyclic) bond motifs is 1. The first-order valence-corrected chi connectivity index (χ1v) is 9.85. The zero-order chi connectivity index (χ0) is 18.5. The number of benzene rings is 2. The summed E-state index contributed by atoms with van der Waals surface area (Å²) in [5.41, 5.74) is 1.91. The van der Waals surface area contributed by atoms with Crippen LogP contribution in [0, 0.1) is 12.8 Å². The van der Waals surface area contributed by atoms with Crippen LogP contribution in [0.1, 0.15) is 19.4 Å². The van der Waals surface area contributed by atoms with Crippen molar-refractivity contribution in [2.45, 2.75) is 32.5 Å². The second kappa shape index (κ2) is 8.41. The summed E-state index contributed by atoms with van der Waals surface area (Å²) in [7, 11) is 0. The van der Waals surface area contributed by atoms with Gasteiger partial charge in [-0.25, -0.2) is 4.98 Å². The van der Waals surface area contributed by atoms with Crippen molar-refractivity contribution in [2.24, 2.45) is 5.92 Å². The predicted octanol–water partition coefficient (Wildman–Crippen LogP) is 4.53. The summed E-state index contributed by atoms with van der Waals surface area (Å²) >= 11 is 1.57. The Morgan fingerprint density at radius 2 is 1.85 bits per heavy atom. The lowest BCUT2D eigenvalue weighted by atomic mass is 10.2. The van der Waals surface area contributed by atoms with E-state index in [9.17, 15) is 4.79 Å². The van der Waals surface area contributed by atoms with Crippen molar-refractivity contribution in [3.8, 4) is 5.75 Å². The highest BCUT2D eigenvalue weighted by atomic mass is 32.2. The van der Waals surface area contributed by atoms with Crippen molar-refractivity contribution in [1.29, 1.82) is 0 Å². The summed E-state index contributed by atoms with van der Waals surface area (Å²) < 4.78 is 7.66. The molecule has 5 heteroatoms. The quantitative estimate of drug-likeness (QED) is 0.349. The molecule has 0 bridgehead atoms. The Morgan fingerprint density at radius 1 is 1.12 bits per heavy atom. The highest BCUT2D eigenvalue weighted by Crippen LogP contribution is 2.20. The zero-order valence-corrected chi connectivity index (χ0v) is 16.3. The van der Waals surface area contributed by atoms with Gasteiger partial charge < -0.3 is 4.74 Å². The van der Waals surface area contributed by atoms with E-state index in [2.05, 4.69) is 13.8 Å². The standard InChI is InChI=1S/C21H24N2O2S/c1-15(2)14-23-20(24)17-9-5-6-10-18(17)22-21(23)26-13-12-25-19-11-7-4-8-16(19)3/h4-11,15H,12-14H2,1-3H3. The van der Waals surface area contributed by atoms with E-state index in [1.54, 1.807) is 16.3 Å². The number of hydrogen-bond donors (Lipinski definition) is 0. The second-order valence-electron chi connectivity index (χ2n) is 6.68. The van der Waals surface area contributed by atoms with E-state index in [0.717, 1.165) is 27.7 Å². The lowest BCUT2D eigenvalue weighted by molar-refractivity contribution is 0.341. The van der Waals surface area contributed by atoms with Crippen molar-refractivity contribution < 1.29 is 4.74 Å². The molecule has 136 valence electrons. The van der Waals surface area contributed by atoms with Crippen LogP contribution < -0.4 is 10.3 Å². The number of ether oxygens (including phenoxy) is 1. The van der Waals surface area contributed by atoms with Gasteiger partial charge in [-0.05, 0) is 36.6 Å². The van der Waals surface area contributed by atoms with Gasteiger partial charge in [-0.15, -0.1) is 0 Å². The molecule has 4 nitrogen and oxygen atoms in total. The topological polar surface area (TPSA) is 44.1 Å². The molecule has 0 N–H and O–H groups in total. The van der Waals surface area contributed by atoms with Gasteiger partial charge in [0, 0.05) is 12.3 Å². The molecule has 0 aliphatic rings. The van der Waals surface area contributed by atoms with E-state index in [1.807, 2.05) is 55.5 Å². The average molecular weight is 369 g/mol. The molecule has 0 unspecified atom stereocenters. The third-order valence-electron chi connectivity index (χ3n) is 4.04. The number of para-hydroxylation sites is 2. The van der Waals surface area contributed by atoms with Crippen molar-refractivity contribution in [3.05, 3.63) is 64.4 Å². The average Bonchev–Trinajstić information content (AvgIpc) is 2.63. The lowest BCUT2D eigenvalue weighted by Gasteiger charge is -2.15. The van der Waals surface area contributed by atoms with Crippen molar-refractivity contribution in [1.82, 2.24) is 9.55 Å². The fourth-order valence-electron chi connectivity index (χ4n) is 2.79. The Morgan fingerprint density at radius 3 is 2.62 bits per heavy atom. The first-order valence-electron chi connectivity index (χ1n) is 8.87. The molecule has 1 heterocycles. The van der Waals surface area contributed by atoms with E-state index in [4.69, 9.17) is 9.72 Å². The number of aryl methyl sites for hydroxylation is 1. The van der Waals surface area contributed by atoms with E-state index in [0.29, 0.717) is 24.5 Å². The van der Waals surface area contributed by atoms with Crippen molar-refractivity contribution >= 4 is 22.7 Å². The molecule has 26 heavy (non-hydrogen) atoms. The third-order valence-corrected chi connectivity index (χ3v) is 4.98. The van der Waals surface area contributed by atoms with E-state index in [1.165, 1.54) is 0 Å². The zero-order valence-electron chi connectivity index (χ0n) is 15.4. The minimum atomic E-state index is 0.0339. The second-order valence-corrected chi connectivity index (χ2v) is 7.75. The van der Waals surface area contributed by atoms with Crippen LogP contribution in [0.5, 0.6) is 5.75 Å². The first-order chi connectivity index (χ1) is 12.6. The number of aromatic nitrogens is 2. The Kier molecular flexibility index (Phi) is 5.99. The summed E-state index contributed by atoms with van der Waals surface area (Å²) in [5, 5.41) is 1.43. The normalized spacial score (nSPS) is 11.2. The summed E-state index contributed by atoms with van der Waals surface area (Å²) in [6.45, 7) is 7.49. The molecule has 3 aromatic rings. The van der Waals surface area contributed by atoms with Gasteiger partial charge in [0.2, 0.25) is 0 Å². The highest BCUT2D eigenvalue weighted by Gasteiger charge is 2.12. The van der Waals surface area contributed by atoms with E-state index in [-0.39, 0.29) is 5.56 Å². The molecular formula is C21H24N2O2S. The fourth-order valence-corrected chi connectivity index (χ4v) is 3.61. The van der Waals surface area contributed by atoms with Crippen LogP contribution >= 0.6 is 11.8 Å². The van der Waals surface area contributed by atoms with E-state index < -0.39 is 0 Å². The van der Waals surface area contributed by atoms with Crippen LogP contribution in [0.2, 0.25) is 0 Å². The number of thioether (sulfide) groups is 1. The number of hydrogen-bond acceptors (Lipinski definition) is 4. The van der Waals surface area contributed by atoms with Crippen LogP contribution in [0.4, 0.5) is 0 Å². The van der Waals surface area contributed by atoms with Gasteiger partial charge in [-0.2, -0.15) is 0 Å². The molecule has 0 aliphatic heterocycles. The maximum absolute atomic E-state index is 12.9. The van der Waals surface area contributed by atoms with Gasteiger partial charge in [0.25, 0.3) is 5.56 Å². The van der Waals surface area contributed by atoms with E-state index >= 15 is 0 Å². The maximum Gasteiger partial charge on any atom is 0.262 e. The van der Waals surface area contributed by atoms with Gasteiger partial charge in [0.15, 0.2) is 5.16 Å². The van der Waals surface area contributed by atoms with Crippen LogP contribution in [-0.4, -0.2) is 21.9 Å². The Hall–Kier alpha value is -2.27. The smallest absolute Gasteiger partial charge is 0.262 e. The van der Waals surface area contributed by atoms with Gasteiger partial charge in [0.05, 0.1) is 17.5 Å². The van der Waals surface area contributed by atoms with Crippen molar-refractivity contribution in [3.63, 3.8) is 0 Å². The Balaban J connectivity index is 1.77. The maximum atomic E-state index is 12.9. The Bertz CT molecular complexity index is 950. The molecule has 0 saturated heterocycles. The minimum Gasteiger partial charge on any atom is -0.492 e. The van der Waals surface area contributed by atoms with Gasteiger partial charge in [0.1, 0.15) is 5.75 Å². The molecule has 0 radical (unpaired) electrons. The SMILES string of the molecule is Cc1ccccc1OCCSc1nc2ccccc2c(=O)n1CC(C)C. The molecule has 1 aromatic heterocycles. The van der Waals surface area contributed by atoms with Crippen LogP contribution in [0.25, 0.3) is 10.9 Å². The minimum absolute atomic E-state index is 0.0339. The summed E-state index contributed by atoms with van der Waals surface area (Å²) in [6, 6.07) is 15.5. The van der Waals surface area contributed by atoms with Crippen LogP contribution in [0.3, 0.4) is 0 Å². The molecule has 0 amide bonds. The number of nitrogens with zero attached hydrogens (tertiary/aromatic N) is 2.